The zero-order valence-electron chi connectivity index (χ0n) is 12.3. The van der Waals surface area contributed by atoms with Crippen molar-refractivity contribution >= 4 is 21.8 Å². The predicted octanol–water partition coefficient (Wildman–Crippen LogP) is 3.52. The fourth-order valence-corrected chi connectivity index (χ4v) is 3.37. The highest BCUT2D eigenvalue weighted by Gasteiger charge is 2.32. The quantitative estimate of drug-likeness (QED) is 0.847. The van der Waals surface area contributed by atoms with E-state index >= 15 is 0 Å². The van der Waals surface area contributed by atoms with Gasteiger partial charge in [-0.05, 0) is 43.7 Å². The number of hydrogen-bond donors (Lipinski definition) is 2. The number of benzene rings is 1. The van der Waals surface area contributed by atoms with Gasteiger partial charge in [-0.1, -0.05) is 35.2 Å². The maximum atomic E-state index is 13.2. The van der Waals surface area contributed by atoms with Crippen LogP contribution in [0.15, 0.2) is 22.7 Å². The molecular weight excluding hydrogens is 335 g/mol. The average Bonchev–Trinajstić information content (AvgIpc) is 2.49. The molecular formula is C16H22BrFN2O. The van der Waals surface area contributed by atoms with Crippen LogP contribution in [0.2, 0.25) is 0 Å². The van der Waals surface area contributed by atoms with Gasteiger partial charge in [-0.3, -0.25) is 4.79 Å². The number of amides is 1. The molecule has 1 aromatic rings. The van der Waals surface area contributed by atoms with Crippen molar-refractivity contribution in [3.63, 3.8) is 0 Å². The van der Waals surface area contributed by atoms with Gasteiger partial charge >= 0.3 is 0 Å². The zero-order chi connectivity index (χ0) is 15.3. The number of nitrogens with one attached hydrogen (secondary N) is 2. The molecule has 2 rings (SSSR count). The van der Waals surface area contributed by atoms with Gasteiger partial charge < -0.3 is 10.6 Å². The summed E-state index contributed by atoms with van der Waals surface area (Å²) in [5.74, 6) is -0.274. The van der Waals surface area contributed by atoms with E-state index in [1.165, 1.54) is 31.4 Å². The number of carbonyl (C=O) groups excluding carboxylic acids is 1. The first-order valence-electron chi connectivity index (χ1n) is 7.44. The molecule has 1 aliphatic carbocycles. The van der Waals surface area contributed by atoms with Crippen LogP contribution >= 0.6 is 15.9 Å². The monoisotopic (exact) mass is 356 g/mol. The van der Waals surface area contributed by atoms with Gasteiger partial charge in [-0.15, -0.1) is 0 Å². The topological polar surface area (TPSA) is 41.1 Å². The lowest BCUT2D eigenvalue weighted by Crippen LogP contribution is -2.48. The molecule has 1 amide bonds. The summed E-state index contributed by atoms with van der Waals surface area (Å²) in [7, 11) is 1.93. The summed E-state index contributed by atoms with van der Waals surface area (Å²) in [4.78, 5) is 12.2. The van der Waals surface area contributed by atoms with Crippen molar-refractivity contribution in [2.45, 2.75) is 50.6 Å². The lowest BCUT2D eigenvalue weighted by atomic mass is 9.79. The first-order valence-corrected chi connectivity index (χ1v) is 8.23. The summed E-state index contributed by atoms with van der Waals surface area (Å²) >= 11 is 3.37. The molecule has 0 aliphatic heterocycles. The van der Waals surface area contributed by atoms with Crippen molar-refractivity contribution in [3.8, 4) is 0 Å². The summed E-state index contributed by atoms with van der Waals surface area (Å²) < 4.78 is 14.0. The van der Waals surface area contributed by atoms with Crippen LogP contribution in [-0.4, -0.2) is 18.5 Å². The van der Waals surface area contributed by atoms with Gasteiger partial charge in [0, 0.05) is 23.0 Å². The van der Waals surface area contributed by atoms with Crippen molar-refractivity contribution in [1.29, 1.82) is 0 Å². The highest BCUT2D eigenvalue weighted by molar-refractivity contribution is 9.10. The third-order valence-electron chi connectivity index (χ3n) is 4.32. The smallest absolute Gasteiger partial charge is 0.222 e. The molecule has 116 valence electrons. The Kier molecular flexibility index (Phi) is 5.76. The van der Waals surface area contributed by atoms with E-state index in [9.17, 15) is 9.18 Å². The van der Waals surface area contributed by atoms with Crippen molar-refractivity contribution in [1.82, 2.24) is 10.6 Å². The van der Waals surface area contributed by atoms with E-state index in [0.29, 0.717) is 13.0 Å². The van der Waals surface area contributed by atoms with Crippen molar-refractivity contribution < 1.29 is 9.18 Å². The molecule has 0 atom stereocenters. The Morgan fingerprint density at radius 2 is 2.05 bits per heavy atom. The van der Waals surface area contributed by atoms with Crippen molar-refractivity contribution in [3.05, 3.63) is 34.1 Å². The van der Waals surface area contributed by atoms with E-state index in [-0.39, 0.29) is 17.3 Å². The van der Waals surface area contributed by atoms with Gasteiger partial charge in [0.1, 0.15) is 5.82 Å². The van der Waals surface area contributed by atoms with Crippen LogP contribution < -0.4 is 10.6 Å². The minimum absolute atomic E-state index is 0.0161. The molecule has 1 aromatic carbocycles. The first-order chi connectivity index (χ1) is 10.0. The van der Waals surface area contributed by atoms with Gasteiger partial charge in [0.25, 0.3) is 0 Å². The standard InChI is InChI=1S/C16H22BrFN2O/c1-19-16(7-3-2-4-8-16)10-15(21)20-11-12-9-13(18)5-6-14(12)17/h5-6,9,19H,2-4,7-8,10-11H2,1H3,(H,20,21). The van der Waals surface area contributed by atoms with Gasteiger partial charge in [0.15, 0.2) is 0 Å². The lowest BCUT2D eigenvalue weighted by molar-refractivity contribution is -0.123. The molecule has 1 fully saturated rings. The SMILES string of the molecule is CNC1(CC(=O)NCc2cc(F)ccc2Br)CCCCC1. The number of carbonyl (C=O) groups is 1. The van der Waals surface area contributed by atoms with Crippen LogP contribution in [-0.2, 0) is 11.3 Å². The number of halogens is 2. The third kappa shape index (κ3) is 4.51. The summed E-state index contributed by atoms with van der Waals surface area (Å²) in [6.07, 6.45) is 6.16. The lowest BCUT2D eigenvalue weighted by Gasteiger charge is -2.36. The van der Waals surface area contributed by atoms with Crippen LogP contribution in [0.25, 0.3) is 0 Å². The second kappa shape index (κ2) is 7.36. The minimum Gasteiger partial charge on any atom is -0.352 e. The van der Waals surface area contributed by atoms with Crippen LogP contribution in [0.5, 0.6) is 0 Å². The molecule has 0 heterocycles. The van der Waals surface area contributed by atoms with E-state index in [4.69, 9.17) is 0 Å². The molecule has 0 radical (unpaired) electrons. The van der Waals surface area contributed by atoms with Gasteiger partial charge in [-0.25, -0.2) is 4.39 Å². The summed E-state index contributed by atoms with van der Waals surface area (Å²) in [6, 6.07) is 4.50. The fraction of sp³-hybridized carbons (Fsp3) is 0.562. The van der Waals surface area contributed by atoms with Crippen LogP contribution in [0.3, 0.4) is 0 Å². The summed E-state index contributed by atoms with van der Waals surface area (Å²) in [5, 5.41) is 6.23. The molecule has 5 heteroatoms. The maximum absolute atomic E-state index is 13.2. The van der Waals surface area contributed by atoms with Gasteiger partial charge in [0.05, 0.1) is 0 Å². The van der Waals surface area contributed by atoms with Crippen LogP contribution in [0.4, 0.5) is 4.39 Å². The van der Waals surface area contributed by atoms with Gasteiger partial charge in [-0.2, -0.15) is 0 Å². The van der Waals surface area contributed by atoms with Gasteiger partial charge in [0.2, 0.25) is 5.91 Å². The Morgan fingerprint density at radius 3 is 2.71 bits per heavy atom. The first kappa shape index (κ1) is 16.4. The van der Waals surface area contributed by atoms with E-state index in [0.717, 1.165) is 22.9 Å². The Bertz CT molecular complexity index is 501. The number of hydrogen-bond acceptors (Lipinski definition) is 2. The second-order valence-corrected chi connectivity index (χ2v) is 6.63. The molecule has 0 aromatic heterocycles. The molecule has 21 heavy (non-hydrogen) atoms. The average molecular weight is 357 g/mol. The fourth-order valence-electron chi connectivity index (χ4n) is 2.99. The number of rotatable bonds is 5. The highest BCUT2D eigenvalue weighted by Crippen LogP contribution is 2.30. The molecule has 0 saturated heterocycles. The van der Waals surface area contributed by atoms with E-state index < -0.39 is 0 Å². The molecule has 0 spiro atoms. The Morgan fingerprint density at radius 1 is 1.33 bits per heavy atom. The second-order valence-electron chi connectivity index (χ2n) is 5.78. The summed E-state index contributed by atoms with van der Waals surface area (Å²) in [6.45, 7) is 0.344. The molecule has 1 aliphatic rings. The van der Waals surface area contributed by atoms with E-state index in [2.05, 4.69) is 26.6 Å². The Labute approximate surface area is 133 Å². The van der Waals surface area contributed by atoms with E-state index in [1.807, 2.05) is 7.05 Å². The highest BCUT2D eigenvalue weighted by atomic mass is 79.9. The zero-order valence-corrected chi connectivity index (χ0v) is 13.9. The molecule has 1 saturated carbocycles. The molecule has 0 unspecified atom stereocenters. The van der Waals surface area contributed by atoms with Crippen LogP contribution in [0.1, 0.15) is 44.1 Å². The Hall–Kier alpha value is -0.940. The summed E-state index contributed by atoms with van der Waals surface area (Å²) in [5.41, 5.74) is 0.687. The van der Waals surface area contributed by atoms with Crippen molar-refractivity contribution in [2.24, 2.45) is 0 Å². The normalized spacial score (nSPS) is 17.5. The molecule has 3 nitrogen and oxygen atoms in total. The molecule has 0 bridgehead atoms. The predicted molar refractivity (Wildman–Crippen MR) is 85.4 cm³/mol. The molecule has 2 N–H and O–H groups in total. The minimum atomic E-state index is -0.290. The Balaban J connectivity index is 1.91. The van der Waals surface area contributed by atoms with E-state index in [1.54, 1.807) is 6.07 Å². The maximum Gasteiger partial charge on any atom is 0.222 e. The third-order valence-corrected chi connectivity index (χ3v) is 5.10. The largest absolute Gasteiger partial charge is 0.352 e. The van der Waals surface area contributed by atoms with Crippen molar-refractivity contribution in [2.75, 3.05) is 7.05 Å². The van der Waals surface area contributed by atoms with Crippen LogP contribution in [0, 0.1) is 5.82 Å².